The van der Waals surface area contributed by atoms with Gasteiger partial charge in [0.05, 0.1) is 16.9 Å². The molecule has 0 spiro atoms. The Morgan fingerprint density at radius 2 is 1.93 bits per heavy atom. The van der Waals surface area contributed by atoms with Crippen LogP contribution in [0.2, 0.25) is 0 Å². The molecule has 0 radical (unpaired) electrons. The van der Waals surface area contributed by atoms with Crippen LogP contribution >= 0.6 is 0 Å². The summed E-state index contributed by atoms with van der Waals surface area (Å²) >= 11 is 0. The van der Waals surface area contributed by atoms with Gasteiger partial charge < -0.3 is 5.73 Å². The van der Waals surface area contributed by atoms with Crippen molar-refractivity contribution >= 4 is 16.7 Å². The normalized spacial score (nSPS) is 15.7. The zero-order valence-electron chi connectivity index (χ0n) is 15.4. The van der Waals surface area contributed by atoms with Crippen LogP contribution in [0.25, 0.3) is 16.6 Å². The average molecular weight is 378 g/mol. The molecule has 0 saturated heterocycles. The van der Waals surface area contributed by atoms with Crippen molar-refractivity contribution in [1.82, 2.24) is 24.5 Å². The van der Waals surface area contributed by atoms with Gasteiger partial charge in [0.2, 0.25) is 0 Å². The summed E-state index contributed by atoms with van der Waals surface area (Å²) in [6.07, 6.45) is -4.15. The van der Waals surface area contributed by atoms with Gasteiger partial charge in [0.15, 0.2) is 11.5 Å². The van der Waals surface area contributed by atoms with Crippen molar-refractivity contribution in [1.29, 1.82) is 0 Å². The third-order valence-electron chi connectivity index (χ3n) is 5.20. The number of anilines is 1. The molecule has 2 N–H and O–H groups in total. The van der Waals surface area contributed by atoms with Crippen LogP contribution in [-0.4, -0.2) is 37.0 Å². The molecule has 27 heavy (non-hydrogen) atoms. The first-order valence-corrected chi connectivity index (χ1v) is 8.81. The van der Waals surface area contributed by atoms with E-state index >= 15 is 0 Å². The molecule has 0 unspecified atom stereocenters. The van der Waals surface area contributed by atoms with E-state index in [0.29, 0.717) is 47.7 Å². The molecule has 3 heterocycles. The Bertz CT molecular complexity index is 1010. The van der Waals surface area contributed by atoms with Crippen LogP contribution in [-0.2, 0) is 26.2 Å². The van der Waals surface area contributed by atoms with E-state index in [9.17, 15) is 13.2 Å². The molecule has 2 aromatic heterocycles. The van der Waals surface area contributed by atoms with Crippen LogP contribution in [0.1, 0.15) is 30.8 Å². The summed E-state index contributed by atoms with van der Waals surface area (Å²) in [5.74, 6) is 0.343. The zero-order chi connectivity index (χ0) is 19.5. The third kappa shape index (κ3) is 2.86. The Morgan fingerprint density at radius 1 is 1.19 bits per heavy atom. The number of alkyl halides is 3. The molecule has 1 aliphatic rings. The number of halogens is 3. The standard InChI is InChI=1S/C18H21F3N6/c1-10(2)26-7-6-12-15(9-26)27(23-16(12)18(19,20)21)11-4-5-14-13(8-11)17(22)24-25(14)3/h4-5,8,10H,6-7,9H2,1-3H3,(H2,22,24). The lowest BCUT2D eigenvalue weighted by Crippen LogP contribution is -2.36. The minimum absolute atomic E-state index is 0.243. The van der Waals surface area contributed by atoms with E-state index in [4.69, 9.17) is 5.73 Å². The monoisotopic (exact) mass is 378 g/mol. The number of fused-ring (bicyclic) bond motifs is 2. The molecule has 0 amide bonds. The van der Waals surface area contributed by atoms with Crippen molar-refractivity contribution in [3.63, 3.8) is 0 Å². The lowest BCUT2D eigenvalue weighted by Gasteiger charge is -2.31. The summed E-state index contributed by atoms with van der Waals surface area (Å²) < 4.78 is 43.7. The fourth-order valence-electron chi connectivity index (χ4n) is 3.73. The molecule has 3 aromatic rings. The Labute approximate surface area is 154 Å². The van der Waals surface area contributed by atoms with Gasteiger partial charge in [-0.1, -0.05) is 0 Å². The third-order valence-corrected chi connectivity index (χ3v) is 5.20. The number of benzene rings is 1. The molecule has 1 aliphatic heterocycles. The Morgan fingerprint density at radius 3 is 2.59 bits per heavy atom. The molecule has 0 aliphatic carbocycles. The summed E-state index contributed by atoms with van der Waals surface area (Å²) in [4.78, 5) is 2.15. The maximum absolute atomic E-state index is 13.6. The van der Waals surface area contributed by atoms with Gasteiger partial charge in [0, 0.05) is 37.1 Å². The van der Waals surface area contributed by atoms with Crippen molar-refractivity contribution in [3.8, 4) is 5.69 Å². The molecule has 0 fully saturated rings. The van der Waals surface area contributed by atoms with Crippen LogP contribution in [0.5, 0.6) is 0 Å². The van der Waals surface area contributed by atoms with E-state index in [1.54, 1.807) is 29.9 Å². The predicted octanol–water partition coefficient (Wildman–Crippen LogP) is 3.13. The maximum Gasteiger partial charge on any atom is 0.435 e. The molecule has 0 saturated carbocycles. The number of hydrogen-bond acceptors (Lipinski definition) is 4. The van der Waals surface area contributed by atoms with Crippen molar-refractivity contribution < 1.29 is 13.2 Å². The number of nitrogens with two attached hydrogens (primary N) is 1. The van der Waals surface area contributed by atoms with Gasteiger partial charge in [-0.05, 0) is 38.5 Å². The maximum atomic E-state index is 13.6. The van der Waals surface area contributed by atoms with E-state index < -0.39 is 11.9 Å². The van der Waals surface area contributed by atoms with Crippen LogP contribution in [0.15, 0.2) is 18.2 Å². The number of nitrogen functional groups attached to an aromatic ring is 1. The summed E-state index contributed by atoms with van der Waals surface area (Å²) in [5.41, 5.74) is 7.41. The van der Waals surface area contributed by atoms with E-state index in [1.807, 2.05) is 13.8 Å². The summed E-state index contributed by atoms with van der Waals surface area (Å²) in [7, 11) is 1.77. The Kier molecular flexibility index (Phi) is 3.95. The van der Waals surface area contributed by atoms with Gasteiger partial charge in [-0.25, -0.2) is 4.68 Å². The highest BCUT2D eigenvalue weighted by molar-refractivity contribution is 5.90. The lowest BCUT2D eigenvalue weighted by molar-refractivity contribution is -0.142. The first kappa shape index (κ1) is 17.8. The summed E-state index contributed by atoms with van der Waals surface area (Å²) in [6.45, 7) is 5.10. The molecular weight excluding hydrogens is 357 g/mol. The minimum atomic E-state index is -4.48. The number of aromatic nitrogens is 4. The van der Waals surface area contributed by atoms with Gasteiger partial charge >= 0.3 is 6.18 Å². The largest absolute Gasteiger partial charge is 0.435 e. The molecular formula is C18H21F3N6. The first-order chi connectivity index (χ1) is 12.7. The second-order valence-corrected chi connectivity index (χ2v) is 7.21. The summed E-state index contributed by atoms with van der Waals surface area (Å²) in [5, 5.41) is 8.83. The Balaban J connectivity index is 1.90. The number of aryl methyl sites for hydroxylation is 1. The zero-order valence-corrected chi connectivity index (χ0v) is 15.4. The van der Waals surface area contributed by atoms with E-state index in [0.717, 1.165) is 5.52 Å². The highest BCUT2D eigenvalue weighted by Crippen LogP contribution is 2.36. The van der Waals surface area contributed by atoms with Gasteiger partial charge in [0.25, 0.3) is 0 Å². The number of nitrogens with zero attached hydrogens (tertiary/aromatic N) is 5. The highest BCUT2D eigenvalue weighted by atomic mass is 19.4. The number of hydrogen-bond donors (Lipinski definition) is 1. The predicted molar refractivity (Wildman–Crippen MR) is 96.5 cm³/mol. The lowest BCUT2D eigenvalue weighted by atomic mass is 10.0. The molecule has 4 rings (SSSR count). The summed E-state index contributed by atoms with van der Waals surface area (Å²) in [6, 6.07) is 5.55. The molecule has 144 valence electrons. The highest BCUT2D eigenvalue weighted by Gasteiger charge is 2.40. The second kappa shape index (κ2) is 5.98. The van der Waals surface area contributed by atoms with Crippen LogP contribution < -0.4 is 5.73 Å². The van der Waals surface area contributed by atoms with E-state index in [1.165, 1.54) is 4.68 Å². The molecule has 9 heteroatoms. The van der Waals surface area contributed by atoms with Crippen molar-refractivity contribution in [2.45, 2.75) is 39.0 Å². The fourth-order valence-corrected chi connectivity index (χ4v) is 3.73. The number of rotatable bonds is 2. The van der Waals surface area contributed by atoms with Gasteiger partial charge in [-0.15, -0.1) is 0 Å². The quantitative estimate of drug-likeness (QED) is 0.744. The second-order valence-electron chi connectivity index (χ2n) is 7.21. The van der Waals surface area contributed by atoms with Crippen LogP contribution in [0, 0.1) is 0 Å². The minimum Gasteiger partial charge on any atom is -0.382 e. The van der Waals surface area contributed by atoms with E-state index in [-0.39, 0.29) is 6.04 Å². The van der Waals surface area contributed by atoms with Gasteiger partial charge in [0.1, 0.15) is 0 Å². The average Bonchev–Trinajstić information content (AvgIpc) is 3.12. The fraction of sp³-hybridized carbons (Fsp3) is 0.444. The molecule has 0 atom stereocenters. The topological polar surface area (TPSA) is 64.9 Å². The molecule has 1 aromatic carbocycles. The smallest absolute Gasteiger partial charge is 0.382 e. The van der Waals surface area contributed by atoms with Crippen molar-refractivity contribution in [3.05, 3.63) is 35.2 Å². The van der Waals surface area contributed by atoms with E-state index in [2.05, 4.69) is 15.1 Å². The van der Waals surface area contributed by atoms with Crippen LogP contribution in [0.4, 0.5) is 19.0 Å². The molecule has 6 nitrogen and oxygen atoms in total. The van der Waals surface area contributed by atoms with Gasteiger partial charge in [-0.2, -0.15) is 23.4 Å². The first-order valence-electron chi connectivity index (χ1n) is 8.81. The van der Waals surface area contributed by atoms with Crippen LogP contribution in [0.3, 0.4) is 0 Å². The van der Waals surface area contributed by atoms with Crippen molar-refractivity contribution in [2.75, 3.05) is 12.3 Å². The SMILES string of the molecule is CC(C)N1CCc2c(C(F)(F)F)nn(-c3ccc4c(c3)c(N)nn4C)c2C1. The Hall–Kier alpha value is -2.55. The molecule has 0 bridgehead atoms. The van der Waals surface area contributed by atoms with Crippen molar-refractivity contribution in [2.24, 2.45) is 7.05 Å². The van der Waals surface area contributed by atoms with Gasteiger partial charge in [-0.3, -0.25) is 9.58 Å².